The Hall–Kier alpha value is -3.58. The lowest BCUT2D eigenvalue weighted by Crippen LogP contribution is -2.57. The highest BCUT2D eigenvalue weighted by Gasteiger charge is 2.35. The Labute approximate surface area is 197 Å². The van der Waals surface area contributed by atoms with Crippen LogP contribution in [0.1, 0.15) is 28.8 Å². The van der Waals surface area contributed by atoms with E-state index in [0.717, 1.165) is 60.4 Å². The smallest absolute Gasteiger partial charge is 0.255 e. The molecule has 3 aliphatic rings. The van der Waals surface area contributed by atoms with Crippen molar-refractivity contribution < 1.29 is 9.18 Å². The summed E-state index contributed by atoms with van der Waals surface area (Å²) < 4.78 is 15.6. The van der Waals surface area contributed by atoms with Crippen molar-refractivity contribution in [2.75, 3.05) is 19.6 Å². The van der Waals surface area contributed by atoms with Gasteiger partial charge in [0.15, 0.2) is 0 Å². The molecule has 6 nitrogen and oxygen atoms in total. The molecule has 0 radical (unpaired) electrons. The fourth-order valence-corrected chi connectivity index (χ4v) is 5.36. The molecule has 0 aliphatic carbocycles. The lowest BCUT2D eigenvalue weighted by Gasteiger charge is -2.44. The number of hydrogen-bond acceptors (Lipinski definition) is 4. The van der Waals surface area contributed by atoms with Crippen molar-refractivity contribution in [3.8, 4) is 22.4 Å². The number of nitrogens with zero attached hydrogens (tertiary/aromatic N) is 4. The minimum atomic E-state index is -0.236. The molecule has 3 aliphatic heterocycles. The predicted molar refractivity (Wildman–Crippen MR) is 129 cm³/mol. The van der Waals surface area contributed by atoms with Gasteiger partial charge in [-0.05, 0) is 86.3 Å². The van der Waals surface area contributed by atoms with Gasteiger partial charge in [0.2, 0.25) is 0 Å². The first kappa shape index (κ1) is 21.0. The van der Waals surface area contributed by atoms with E-state index >= 15 is 0 Å². The van der Waals surface area contributed by atoms with Crippen LogP contribution in [-0.2, 0) is 0 Å². The normalized spacial score (nSPS) is 21.6. The fraction of sp³-hybridized carbons (Fsp3) is 0.296. The highest BCUT2D eigenvalue weighted by atomic mass is 19.1. The van der Waals surface area contributed by atoms with Crippen LogP contribution in [0.2, 0.25) is 0 Å². The number of halogens is 1. The average Bonchev–Trinajstić information content (AvgIpc) is 3.30. The molecule has 7 rings (SSSR count). The Kier molecular flexibility index (Phi) is 5.14. The second-order valence-electron chi connectivity index (χ2n) is 9.38. The standard InChI is InChI=1S/C27H26FN5O/c1-17-13-20(4-5-23(17)28)26-21(3-2-9-29-26)19-8-12-33-25(14-19)22(15-30-33)27(34)31-24-16-32-10-6-18(24)7-11-32/h2-5,8-9,12-15,18,24H,6-7,10-11,16H2,1H3,(H,31,34)/t24-/m0/s1. The minimum Gasteiger partial charge on any atom is -0.348 e. The summed E-state index contributed by atoms with van der Waals surface area (Å²) in [5, 5.41) is 7.68. The second-order valence-corrected chi connectivity index (χ2v) is 9.38. The summed E-state index contributed by atoms with van der Waals surface area (Å²) in [6, 6.07) is 13.1. The third-order valence-electron chi connectivity index (χ3n) is 7.29. The molecular formula is C27H26FN5O. The largest absolute Gasteiger partial charge is 0.348 e. The molecule has 1 aromatic carbocycles. The first-order chi connectivity index (χ1) is 16.6. The fourth-order valence-electron chi connectivity index (χ4n) is 5.36. The van der Waals surface area contributed by atoms with Gasteiger partial charge < -0.3 is 10.2 Å². The van der Waals surface area contributed by atoms with Gasteiger partial charge in [-0.15, -0.1) is 0 Å². The number of benzene rings is 1. The van der Waals surface area contributed by atoms with Crippen molar-refractivity contribution in [1.29, 1.82) is 0 Å². The Balaban J connectivity index is 1.35. The zero-order valence-corrected chi connectivity index (χ0v) is 19.0. The predicted octanol–water partition coefficient (Wildman–Crippen LogP) is 4.33. The van der Waals surface area contributed by atoms with Crippen LogP contribution < -0.4 is 5.32 Å². The van der Waals surface area contributed by atoms with E-state index in [0.29, 0.717) is 17.0 Å². The van der Waals surface area contributed by atoms with Crippen molar-refractivity contribution >= 4 is 11.4 Å². The molecule has 6 heterocycles. The number of rotatable bonds is 4. The Morgan fingerprint density at radius 3 is 2.74 bits per heavy atom. The number of hydrogen-bond donors (Lipinski definition) is 1. The van der Waals surface area contributed by atoms with Crippen molar-refractivity contribution in [1.82, 2.24) is 24.8 Å². The van der Waals surface area contributed by atoms with E-state index in [1.54, 1.807) is 29.9 Å². The summed E-state index contributed by atoms with van der Waals surface area (Å²) in [6.45, 7) is 4.95. The molecule has 34 heavy (non-hydrogen) atoms. The lowest BCUT2D eigenvalue weighted by molar-refractivity contribution is 0.0621. The molecule has 1 amide bonds. The summed E-state index contributed by atoms with van der Waals surface area (Å²) in [5.74, 6) is 0.246. The van der Waals surface area contributed by atoms with E-state index in [1.807, 2.05) is 36.5 Å². The molecule has 7 heteroatoms. The molecule has 172 valence electrons. The molecule has 3 aromatic heterocycles. The first-order valence-electron chi connectivity index (χ1n) is 11.8. The molecule has 0 saturated carbocycles. The van der Waals surface area contributed by atoms with Crippen molar-refractivity contribution in [2.45, 2.75) is 25.8 Å². The van der Waals surface area contributed by atoms with Crippen LogP contribution in [0.25, 0.3) is 27.9 Å². The number of piperidine rings is 3. The molecule has 4 aromatic rings. The van der Waals surface area contributed by atoms with E-state index in [4.69, 9.17) is 0 Å². The van der Waals surface area contributed by atoms with Crippen LogP contribution in [-0.4, -0.2) is 51.1 Å². The van der Waals surface area contributed by atoms with Gasteiger partial charge in [-0.25, -0.2) is 8.91 Å². The number of pyridine rings is 2. The number of nitrogens with one attached hydrogen (secondary N) is 1. The van der Waals surface area contributed by atoms with E-state index < -0.39 is 0 Å². The third kappa shape index (κ3) is 3.66. The highest BCUT2D eigenvalue weighted by molar-refractivity contribution is 6.01. The molecule has 1 atom stereocenters. The summed E-state index contributed by atoms with van der Waals surface area (Å²) >= 11 is 0. The van der Waals surface area contributed by atoms with E-state index in [1.165, 1.54) is 6.07 Å². The van der Waals surface area contributed by atoms with Gasteiger partial charge in [0.05, 0.1) is 23.0 Å². The topological polar surface area (TPSA) is 62.5 Å². The number of amides is 1. The SMILES string of the molecule is Cc1cc(-c2ncccc2-c2ccn3ncc(C(=O)N[C@H]4CN5CCC4CC5)c3c2)ccc1F. The lowest BCUT2D eigenvalue weighted by atomic mass is 9.84. The molecule has 1 N–H and O–H groups in total. The zero-order valence-electron chi connectivity index (χ0n) is 19.0. The number of fused-ring (bicyclic) bond motifs is 4. The van der Waals surface area contributed by atoms with Crippen molar-refractivity contribution in [3.63, 3.8) is 0 Å². The van der Waals surface area contributed by atoms with Gasteiger partial charge in [-0.2, -0.15) is 5.10 Å². The van der Waals surface area contributed by atoms with Crippen LogP contribution >= 0.6 is 0 Å². The summed E-state index contributed by atoms with van der Waals surface area (Å²) in [5.41, 5.74) is 5.36. The number of aromatic nitrogens is 3. The average molecular weight is 456 g/mol. The van der Waals surface area contributed by atoms with Gasteiger partial charge in [0.1, 0.15) is 5.82 Å². The molecular weight excluding hydrogens is 429 g/mol. The molecule has 2 bridgehead atoms. The highest BCUT2D eigenvalue weighted by Crippen LogP contribution is 2.32. The van der Waals surface area contributed by atoms with Crippen LogP contribution in [0.5, 0.6) is 0 Å². The molecule has 0 unspecified atom stereocenters. The Morgan fingerprint density at radius 2 is 1.97 bits per heavy atom. The summed E-state index contributed by atoms with van der Waals surface area (Å²) in [4.78, 5) is 20.3. The zero-order chi connectivity index (χ0) is 23.2. The molecule has 0 spiro atoms. The van der Waals surface area contributed by atoms with Crippen LogP contribution in [0.15, 0.2) is 61.1 Å². The van der Waals surface area contributed by atoms with Crippen LogP contribution in [0, 0.1) is 18.7 Å². The summed E-state index contributed by atoms with van der Waals surface area (Å²) in [7, 11) is 0. The van der Waals surface area contributed by atoms with E-state index in [9.17, 15) is 9.18 Å². The number of carbonyl (C=O) groups is 1. The maximum atomic E-state index is 13.8. The second kappa shape index (κ2) is 8.33. The Bertz CT molecular complexity index is 1390. The van der Waals surface area contributed by atoms with Crippen molar-refractivity contribution in [2.24, 2.45) is 5.92 Å². The van der Waals surface area contributed by atoms with Gasteiger partial charge in [-0.1, -0.05) is 6.07 Å². The maximum Gasteiger partial charge on any atom is 0.255 e. The van der Waals surface area contributed by atoms with E-state index in [2.05, 4.69) is 20.3 Å². The maximum absolute atomic E-state index is 13.8. The minimum absolute atomic E-state index is 0.0773. The summed E-state index contributed by atoms with van der Waals surface area (Å²) in [6.07, 6.45) is 7.54. The van der Waals surface area contributed by atoms with Gasteiger partial charge in [-0.3, -0.25) is 9.78 Å². The Morgan fingerprint density at radius 1 is 1.12 bits per heavy atom. The van der Waals surface area contributed by atoms with E-state index in [-0.39, 0.29) is 17.8 Å². The van der Waals surface area contributed by atoms with Crippen LogP contribution in [0.4, 0.5) is 4.39 Å². The number of carbonyl (C=O) groups excluding carboxylic acids is 1. The quantitative estimate of drug-likeness (QED) is 0.498. The number of aryl methyl sites for hydroxylation is 1. The molecule has 3 saturated heterocycles. The monoisotopic (exact) mass is 455 g/mol. The third-order valence-corrected chi connectivity index (χ3v) is 7.29. The van der Waals surface area contributed by atoms with Gasteiger partial charge in [0.25, 0.3) is 5.91 Å². The molecule has 3 fully saturated rings. The van der Waals surface area contributed by atoms with Crippen molar-refractivity contribution in [3.05, 3.63) is 78.0 Å². The first-order valence-corrected chi connectivity index (χ1v) is 11.8. The van der Waals surface area contributed by atoms with Gasteiger partial charge in [0, 0.05) is 36.1 Å². The van der Waals surface area contributed by atoms with Gasteiger partial charge >= 0.3 is 0 Å². The van der Waals surface area contributed by atoms with Crippen LogP contribution in [0.3, 0.4) is 0 Å².